The summed E-state index contributed by atoms with van der Waals surface area (Å²) in [5.74, 6) is 6.27. The molecule has 5 N–H and O–H groups in total. The Hall–Kier alpha value is -4.73. The Labute approximate surface area is 341 Å². The van der Waals surface area contributed by atoms with Crippen molar-refractivity contribution in [3.8, 4) is 42.8 Å². The van der Waals surface area contributed by atoms with Gasteiger partial charge in [-0.3, -0.25) is 19.2 Å². The van der Waals surface area contributed by atoms with Crippen LogP contribution in [0.3, 0.4) is 0 Å². The molecule has 320 valence electrons. The molecular formula is C40H57N4O13P. The third-order valence-corrected chi connectivity index (χ3v) is 8.77. The number of carbonyl (C=O) groups excluding carboxylic acids is 4. The van der Waals surface area contributed by atoms with Crippen LogP contribution >= 0.6 is 7.60 Å². The van der Waals surface area contributed by atoms with E-state index >= 15 is 0 Å². The molecule has 1 aromatic carbocycles. The topological polar surface area (TPSA) is 218 Å². The first-order chi connectivity index (χ1) is 28.0. The average Bonchev–Trinajstić information content (AvgIpc) is 3.21. The van der Waals surface area contributed by atoms with E-state index in [0.717, 1.165) is 5.82 Å². The molecule has 0 spiro atoms. The van der Waals surface area contributed by atoms with Gasteiger partial charge in [0.1, 0.15) is 25.6 Å². The Morgan fingerprint density at radius 1 is 0.638 bits per heavy atom. The van der Waals surface area contributed by atoms with E-state index in [-0.39, 0.29) is 147 Å². The molecule has 18 heteroatoms. The molecular weight excluding hydrogens is 775 g/mol. The van der Waals surface area contributed by atoms with Crippen LogP contribution in [0, 0.1) is 37.0 Å². The van der Waals surface area contributed by atoms with Crippen molar-refractivity contribution in [1.29, 1.82) is 0 Å². The molecule has 0 aromatic heterocycles. The van der Waals surface area contributed by atoms with Gasteiger partial charge in [-0.05, 0) is 43.5 Å². The van der Waals surface area contributed by atoms with Gasteiger partial charge < -0.3 is 59.1 Å². The summed E-state index contributed by atoms with van der Waals surface area (Å²) in [7, 11) is -4.09. The minimum absolute atomic E-state index is 0.0239. The molecule has 0 aliphatic rings. The van der Waals surface area contributed by atoms with Crippen molar-refractivity contribution >= 4 is 31.2 Å². The fourth-order valence-electron chi connectivity index (χ4n) is 4.90. The molecule has 0 aliphatic heterocycles. The summed E-state index contributed by atoms with van der Waals surface area (Å²) < 4.78 is 48.8. The molecule has 4 amide bonds. The summed E-state index contributed by atoms with van der Waals surface area (Å²) in [6, 6.07) is 5.45. The summed E-state index contributed by atoms with van der Waals surface area (Å²) in [4.78, 5) is 62.6. The molecule has 17 nitrogen and oxygen atoms in total. The van der Waals surface area contributed by atoms with E-state index < -0.39 is 19.0 Å². The number of carbonyl (C=O) groups is 4. The Kier molecular flexibility index (Phi) is 28.5. The quantitative estimate of drug-likeness (QED) is 0.0373. The molecule has 1 aromatic rings. The van der Waals surface area contributed by atoms with Crippen molar-refractivity contribution in [2.24, 2.45) is 0 Å². The van der Waals surface area contributed by atoms with Crippen molar-refractivity contribution in [2.45, 2.75) is 44.1 Å². The van der Waals surface area contributed by atoms with Gasteiger partial charge in [-0.25, -0.2) is 4.57 Å². The Morgan fingerprint density at radius 2 is 1.00 bits per heavy atom. The van der Waals surface area contributed by atoms with E-state index in [1.165, 1.54) is 24.3 Å². The summed E-state index contributed by atoms with van der Waals surface area (Å²) >= 11 is 0. The molecule has 58 heavy (non-hydrogen) atoms. The normalized spacial score (nSPS) is 11.8. The summed E-state index contributed by atoms with van der Waals surface area (Å²) in [6.07, 6.45) is 15.4. The number of terminal acetylenes is 3. The average molecular weight is 833 g/mol. The predicted molar refractivity (Wildman–Crippen MR) is 215 cm³/mol. The molecule has 0 radical (unpaired) electrons. The third kappa shape index (κ3) is 26.2. The Balaban J connectivity index is 3.12. The van der Waals surface area contributed by atoms with Crippen molar-refractivity contribution in [2.75, 3.05) is 98.9 Å². The number of amides is 4. The number of benzene rings is 1. The van der Waals surface area contributed by atoms with Crippen molar-refractivity contribution in [3.63, 3.8) is 0 Å². The van der Waals surface area contributed by atoms with Gasteiger partial charge in [0.2, 0.25) is 17.7 Å². The highest BCUT2D eigenvalue weighted by molar-refractivity contribution is 7.56. The van der Waals surface area contributed by atoms with Crippen LogP contribution < -0.4 is 25.8 Å². The number of rotatable bonds is 35. The van der Waals surface area contributed by atoms with Gasteiger partial charge in [0, 0.05) is 55.8 Å². The van der Waals surface area contributed by atoms with Crippen LogP contribution in [0.4, 0.5) is 0 Å². The Morgan fingerprint density at radius 3 is 1.34 bits per heavy atom. The lowest BCUT2D eigenvalue weighted by Gasteiger charge is -2.35. The summed E-state index contributed by atoms with van der Waals surface area (Å²) in [6.45, 7) is 6.83. The first kappa shape index (κ1) is 51.3. The van der Waals surface area contributed by atoms with Crippen LogP contribution in [0.15, 0.2) is 36.7 Å². The molecule has 0 heterocycles. The highest BCUT2D eigenvalue weighted by Crippen LogP contribution is 2.43. The van der Waals surface area contributed by atoms with Crippen molar-refractivity contribution in [1.82, 2.24) is 21.3 Å². The maximum atomic E-state index is 13.8. The smallest absolute Gasteiger partial charge is 0.400 e. The zero-order valence-electron chi connectivity index (χ0n) is 33.0. The fourth-order valence-corrected chi connectivity index (χ4v) is 5.39. The molecule has 1 unspecified atom stereocenters. The summed E-state index contributed by atoms with van der Waals surface area (Å²) in [5, 5.41) is 11.3. The van der Waals surface area contributed by atoms with Gasteiger partial charge >= 0.3 is 7.60 Å². The molecule has 0 fully saturated rings. The van der Waals surface area contributed by atoms with Gasteiger partial charge in [0.05, 0.1) is 59.5 Å². The number of hydrogen-bond donors (Lipinski definition) is 5. The van der Waals surface area contributed by atoms with Gasteiger partial charge in [-0.1, -0.05) is 24.3 Å². The van der Waals surface area contributed by atoms with Crippen molar-refractivity contribution < 1.29 is 61.6 Å². The molecule has 1 atom stereocenters. The maximum Gasteiger partial charge on any atom is 0.400 e. The van der Waals surface area contributed by atoms with E-state index in [0.29, 0.717) is 19.8 Å². The third-order valence-electron chi connectivity index (χ3n) is 7.83. The lowest BCUT2D eigenvalue weighted by atomic mass is 9.82. The van der Waals surface area contributed by atoms with E-state index in [1.54, 1.807) is 0 Å². The lowest BCUT2D eigenvalue weighted by molar-refractivity contribution is -0.121. The Bertz CT molecular complexity index is 1440. The minimum Gasteiger partial charge on any atom is -0.422 e. The van der Waals surface area contributed by atoms with Crippen LogP contribution in [0.1, 0.15) is 48.9 Å². The number of nitrogens with one attached hydrogen (secondary N) is 4. The van der Waals surface area contributed by atoms with Crippen LogP contribution in [0.25, 0.3) is 0 Å². The van der Waals surface area contributed by atoms with Crippen LogP contribution in [-0.2, 0) is 47.4 Å². The van der Waals surface area contributed by atoms with Crippen molar-refractivity contribution in [3.05, 3.63) is 42.2 Å². The SMILES string of the molecule is C#CCOCCOCCNC(=O)CCC(CCC(=O)NCCOCCOCC#C)(CCC(=O)NCCOCCOCC#C)NC(=O)c1ccc(OP(=O)(O)C=C)cc1. The number of hydrogen-bond acceptors (Lipinski definition) is 12. The lowest BCUT2D eigenvalue weighted by Crippen LogP contribution is -2.50. The first-order valence-electron chi connectivity index (χ1n) is 18.6. The second kappa shape index (κ2) is 32.3. The molecule has 0 saturated heterocycles. The van der Waals surface area contributed by atoms with Gasteiger partial charge in [-0.2, -0.15) is 0 Å². The monoisotopic (exact) mass is 832 g/mol. The zero-order chi connectivity index (χ0) is 42.7. The molecule has 1 rings (SSSR count). The summed E-state index contributed by atoms with van der Waals surface area (Å²) in [5.41, 5.74) is -1.08. The van der Waals surface area contributed by atoms with Gasteiger partial charge in [-0.15, -0.1) is 19.3 Å². The zero-order valence-corrected chi connectivity index (χ0v) is 33.9. The van der Waals surface area contributed by atoms with Gasteiger partial charge in [0.25, 0.3) is 5.91 Å². The maximum absolute atomic E-state index is 13.8. The van der Waals surface area contributed by atoms with Crippen LogP contribution in [0.5, 0.6) is 5.75 Å². The standard InChI is InChI=1S/C40H57N4O13P/c1-5-22-51-28-31-54-25-19-41-36(45)13-16-40(17-14-37(46)42-20-26-55-32-29-52-23-6-2,18-15-38(47)43-21-27-56-33-30-53-24-7-3)44-39(48)34-9-11-35(12-10-34)57-58(49,50)8-4/h1-3,8-12H,4,13-33H2,(H,41,45)(H,42,46)(H,43,47)(H,44,48)(H,49,50). The second-order valence-corrected chi connectivity index (χ2v) is 13.9. The molecule has 0 saturated carbocycles. The first-order valence-corrected chi connectivity index (χ1v) is 20.3. The van der Waals surface area contributed by atoms with Gasteiger partial charge in [0.15, 0.2) is 0 Å². The van der Waals surface area contributed by atoms with Crippen LogP contribution in [0.2, 0.25) is 0 Å². The van der Waals surface area contributed by atoms with E-state index in [1.807, 2.05) is 0 Å². The highest BCUT2D eigenvalue weighted by atomic mass is 31.2. The second-order valence-electron chi connectivity index (χ2n) is 12.3. The van der Waals surface area contributed by atoms with E-state index in [9.17, 15) is 28.6 Å². The highest BCUT2D eigenvalue weighted by Gasteiger charge is 2.34. The minimum atomic E-state index is -4.09. The predicted octanol–water partition coefficient (Wildman–Crippen LogP) is 1.55. The van der Waals surface area contributed by atoms with E-state index in [2.05, 4.69) is 45.6 Å². The van der Waals surface area contributed by atoms with Crippen LogP contribution in [-0.4, -0.2) is 133 Å². The molecule has 0 aliphatic carbocycles. The van der Waals surface area contributed by atoms with E-state index in [4.69, 9.17) is 52.2 Å². The molecule has 0 bridgehead atoms. The largest absolute Gasteiger partial charge is 0.422 e. The fraction of sp³-hybridized carbons (Fsp3) is 0.550. The number of ether oxygens (including phenoxy) is 6.